The van der Waals surface area contributed by atoms with Crippen molar-refractivity contribution in [2.45, 2.75) is 20.8 Å². The van der Waals surface area contributed by atoms with Crippen molar-refractivity contribution in [3.05, 3.63) is 51.5 Å². The highest BCUT2D eigenvalue weighted by atomic mass is 79.9. The van der Waals surface area contributed by atoms with Crippen LogP contribution in [-0.4, -0.2) is 44.2 Å². The van der Waals surface area contributed by atoms with Crippen LogP contribution < -0.4 is 25.5 Å². The van der Waals surface area contributed by atoms with Crippen molar-refractivity contribution >= 4 is 45.6 Å². The van der Waals surface area contributed by atoms with Gasteiger partial charge in [0.15, 0.2) is 18.1 Å². The smallest absolute Gasteiger partial charge is 0.329 e. The fourth-order valence-electron chi connectivity index (χ4n) is 2.75. The highest BCUT2D eigenvalue weighted by Gasteiger charge is 2.12. The summed E-state index contributed by atoms with van der Waals surface area (Å²) < 4.78 is 12.2. The number of hydrogen-bond acceptors (Lipinski definition) is 6. The lowest BCUT2D eigenvalue weighted by atomic mass is 10.1. The molecule has 2 aromatic carbocycles. The molecule has 0 unspecified atom stereocenters. The predicted octanol–water partition coefficient (Wildman–Crippen LogP) is 2.68. The van der Waals surface area contributed by atoms with E-state index in [2.05, 4.69) is 37.1 Å². The Balaban J connectivity index is 2.04. The highest BCUT2D eigenvalue weighted by Crippen LogP contribution is 2.28. The van der Waals surface area contributed by atoms with E-state index in [-0.39, 0.29) is 12.5 Å². The molecule has 2 rings (SSSR count). The van der Waals surface area contributed by atoms with Gasteiger partial charge >= 0.3 is 11.8 Å². The number of nitrogens with zero attached hydrogens (tertiary/aromatic N) is 1. The number of halogens is 1. The molecule has 0 radical (unpaired) electrons. The van der Waals surface area contributed by atoms with Gasteiger partial charge < -0.3 is 20.1 Å². The van der Waals surface area contributed by atoms with Gasteiger partial charge in [0.1, 0.15) is 0 Å². The molecule has 0 saturated heterocycles. The van der Waals surface area contributed by atoms with Crippen molar-refractivity contribution in [3.63, 3.8) is 0 Å². The van der Waals surface area contributed by atoms with Crippen molar-refractivity contribution in [2.24, 2.45) is 5.10 Å². The van der Waals surface area contributed by atoms with Crippen molar-refractivity contribution in [2.75, 3.05) is 25.6 Å². The molecular weight excluding hydrogens is 480 g/mol. The minimum Gasteiger partial charge on any atom is -0.490 e. The van der Waals surface area contributed by atoms with Gasteiger partial charge in [0.2, 0.25) is 0 Å². The summed E-state index contributed by atoms with van der Waals surface area (Å²) in [7, 11) is 1.35. The third-order valence-corrected chi connectivity index (χ3v) is 4.66. The summed E-state index contributed by atoms with van der Waals surface area (Å²) in [5, 5.41) is 8.80. The molecule has 0 aliphatic carbocycles. The summed E-state index contributed by atoms with van der Waals surface area (Å²) in [6.07, 6.45) is 1.36. The zero-order valence-electron chi connectivity index (χ0n) is 18.2. The zero-order valence-corrected chi connectivity index (χ0v) is 19.8. The van der Waals surface area contributed by atoms with Crippen molar-refractivity contribution < 1.29 is 23.9 Å². The van der Waals surface area contributed by atoms with E-state index in [4.69, 9.17) is 9.47 Å². The number of anilines is 1. The van der Waals surface area contributed by atoms with Gasteiger partial charge in [0, 0.05) is 17.2 Å². The summed E-state index contributed by atoms with van der Waals surface area (Å²) in [6.45, 7) is 5.83. The van der Waals surface area contributed by atoms with Crippen LogP contribution in [0, 0.1) is 13.8 Å². The highest BCUT2D eigenvalue weighted by molar-refractivity contribution is 9.10. The van der Waals surface area contributed by atoms with E-state index in [9.17, 15) is 14.4 Å². The number of hydrazone groups is 1. The first-order valence-corrected chi connectivity index (χ1v) is 10.6. The number of likely N-dealkylation sites (N-methyl/N-ethyl adjacent to an activating group) is 1. The number of carbonyl (C=O) groups is 3. The Morgan fingerprint density at radius 1 is 1.03 bits per heavy atom. The van der Waals surface area contributed by atoms with Gasteiger partial charge in [-0.25, -0.2) is 5.43 Å². The summed E-state index contributed by atoms with van der Waals surface area (Å²) >= 11 is 3.44. The number of aryl methyl sites for hydroxylation is 2. The number of carbonyl (C=O) groups excluding carboxylic acids is 3. The van der Waals surface area contributed by atoms with Crippen molar-refractivity contribution in [1.29, 1.82) is 0 Å². The maximum atomic E-state index is 12.4. The van der Waals surface area contributed by atoms with Crippen molar-refractivity contribution in [1.82, 2.24) is 10.7 Å². The van der Waals surface area contributed by atoms with E-state index in [1.54, 1.807) is 18.2 Å². The summed E-state index contributed by atoms with van der Waals surface area (Å²) in [6, 6.07) is 8.81. The normalized spacial score (nSPS) is 10.5. The molecule has 0 aromatic heterocycles. The molecule has 0 spiro atoms. The lowest BCUT2D eigenvalue weighted by Crippen LogP contribution is -2.35. The first kappa shape index (κ1) is 24.9. The number of benzene rings is 2. The van der Waals surface area contributed by atoms with E-state index in [1.807, 2.05) is 32.9 Å². The topological polar surface area (TPSA) is 118 Å². The fraction of sp³-hybridized carbons (Fsp3) is 0.273. The number of nitrogens with one attached hydrogen (secondary N) is 3. The Morgan fingerprint density at radius 2 is 1.72 bits per heavy atom. The van der Waals surface area contributed by atoms with Crippen LogP contribution in [0.1, 0.15) is 23.6 Å². The molecule has 0 bridgehead atoms. The average molecular weight is 505 g/mol. The second-order valence-corrected chi connectivity index (χ2v) is 7.58. The van der Waals surface area contributed by atoms with Crippen molar-refractivity contribution in [3.8, 4) is 11.5 Å². The lowest BCUT2D eigenvalue weighted by molar-refractivity contribution is -0.138. The van der Waals surface area contributed by atoms with Crippen LogP contribution >= 0.6 is 15.9 Å². The molecule has 0 aliphatic rings. The van der Waals surface area contributed by atoms with Crippen LogP contribution in [0.25, 0.3) is 0 Å². The van der Waals surface area contributed by atoms with Crippen LogP contribution in [-0.2, 0) is 14.4 Å². The van der Waals surface area contributed by atoms with E-state index < -0.39 is 11.8 Å². The Hall–Kier alpha value is -3.40. The maximum Gasteiger partial charge on any atom is 0.329 e. The molecular formula is C22H25BrN4O5. The second kappa shape index (κ2) is 11.8. The average Bonchev–Trinajstić information content (AvgIpc) is 2.75. The minimum atomic E-state index is -0.879. The standard InChI is InChI=1S/C22H25BrN4O5/c1-5-31-18-10-15(11-25-27-22(30)21(29)24-4)6-7-17(18)32-12-19(28)26-20-13(2)8-16(23)9-14(20)3/h6-11H,5,12H2,1-4H3,(H,24,29)(H,26,28)(H,27,30)/b25-11-. The van der Waals surface area contributed by atoms with Gasteiger partial charge in [-0.15, -0.1) is 0 Å². The molecule has 3 N–H and O–H groups in total. The van der Waals surface area contributed by atoms with Gasteiger partial charge in [-0.3, -0.25) is 14.4 Å². The number of amides is 3. The van der Waals surface area contributed by atoms with Gasteiger partial charge in [-0.05, 0) is 67.8 Å². The van der Waals surface area contributed by atoms with E-state index in [0.29, 0.717) is 23.7 Å². The molecule has 0 fully saturated rings. The van der Waals surface area contributed by atoms with Gasteiger partial charge in [0.25, 0.3) is 5.91 Å². The lowest BCUT2D eigenvalue weighted by Gasteiger charge is -2.14. The number of rotatable bonds is 8. The zero-order chi connectivity index (χ0) is 23.7. The number of hydrogen-bond donors (Lipinski definition) is 3. The molecule has 0 saturated carbocycles. The molecule has 32 heavy (non-hydrogen) atoms. The molecule has 9 nitrogen and oxygen atoms in total. The molecule has 170 valence electrons. The number of ether oxygens (including phenoxy) is 2. The monoisotopic (exact) mass is 504 g/mol. The van der Waals surface area contributed by atoms with Crippen LogP contribution in [0.4, 0.5) is 5.69 Å². The van der Waals surface area contributed by atoms with Gasteiger partial charge in [-0.2, -0.15) is 5.10 Å². The van der Waals surface area contributed by atoms with Gasteiger partial charge in [0.05, 0.1) is 12.8 Å². The first-order chi connectivity index (χ1) is 15.2. The SMILES string of the molecule is CCOc1cc(/C=N\NC(=O)C(=O)NC)ccc1OCC(=O)Nc1c(C)cc(Br)cc1C. The Kier molecular flexibility index (Phi) is 9.21. The second-order valence-electron chi connectivity index (χ2n) is 6.67. The third-order valence-electron chi connectivity index (χ3n) is 4.20. The molecule has 0 aliphatic heterocycles. The Labute approximate surface area is 194 Å². The molecule has 2 aromatic rings. The first-order valence-electron chi connectivity index (χ1n) is 9.76. The van der Waals surface area contributed by atoms with Crippen LogP contribution in [0.2, 0.25) is 0 Å². The largest absolute Gasteiger partial charge is 0.490 e. The summed E-state index contributed by atoms with van der Waals surface area (Å²) in [5.74, 6) is -1.18. The molecule has 0 heterocycles. The summed E-state index contributed by atoms with van der Waals surface area (Å²) in [5.41, 5.74) is 5.34. The van der Waals surface area contributed by atoms with E-state index in [1.165, 1.54) is 13.3 Å². The third kappa shape index (κ3) is 7.09. The van der Waals surface area contributed by atoms with Crippen LogP contribution in [0.15, 0.2) is 39.9 Å². The maximum absolute atomic E-state index is 12.4. The molecule has 3 amide bonds. The van der Waals surface area contributed by atoms with Gasteiger partial charge in [-0.1, -0.05) is 15.9 Å². The predicted molar refractivity (Wildman–Crippen MR) is 125 cm³/mol. The quantitative estimate of drug-likeness (QED) is 0.290. The van der Waals surface area contributed by atoms with E-state index in [0.717, 1.165) is 21.3 Å². The van der Waals surface area contributed by atoms with Crippen LogP contribution in [0.5, 0.6) is 11.5 Å². The van der Waals surface area contributed by atoms with Crippen LogP contribution in [0.3, 0.4) is 0 Å². The fourth-order valence-corrected chi connectivity index (χ4v) is 3.44. The Morgan fingerprint density at radius 3 is 2.34 bits per heavy atom. The Bertz CT molecular complexity index is 1020. The minimum absolute atomic E-state index is 0.204. The molecule has 0 atom stereocenters. The van der Waals surface area contributed by atoms with E-state index >= 15 is 0 Å². The summed E-state index contributed by atoms with van der Waals surface area (Å²) in [4.78, 5) is 35.0. The molecule has 10 heteroatoms.